The van der Waals surface area contributed by atoms with E-state index in [0.29, 0.717) is 12.3 Å². The first-order valence-corrected chi connectivity index (χ1v) is 6.48. The number of carbonyl (C=O) groups is 1. The molecule has 0 heterocycles. The highest BCUT2D eigenvalue weighted by Crippen LogP contribution is 2.10. The van der Waals surface area contributed by atoms with Gasteiger partial charge in [0, 0.05) is 13.2 Å². The van der Waals surface area contributed by atoms with E-state index in [-0.39, 0.29) is 24.9 Å². The minimum absolute atomic E-state index is 0.0672. The molecule has 2 N–H and O–H groups in total. The maximum Gasteiger partial charge on any atom is 0.257 e. The Kier molecular flexibility index (Phi) is 7.58. The number of aliphatic hydroxyl groups excluding tert-OH is 1. The number of halogens is 1. The standard InChI is InChI=1S/C14H20FNO3/c15-12-5-7-13(8-6-12)19-11-14(18)16-9-3-1-2-4-10-17/h5-8,17H,1-4,9-11H2,(H,16,18). The molecule has 1 aromatic carbocycles. The van der Waals surface area contributed by atoms with Crippen LogP contribution in [0.4, 0.5) is 4.39 Å². The quantitative estimate of drug-likeness (QED) is 0.673. The number of unbranched alkanes of at least 4 members (excludes halogenated alkanes) is 3. The number of aliphatic hydroxyl groups is 1. The molecule has 106 valence electrons. The number of hydrogen-bond acceptors (Lipinski definition) is 3. The third kappa shape index (κ3) is 7.41. The Morgan fingerprint density at radius 2 is 1.84 bits per heavy atom. The molecule has 0 aromatic heterocycles. The fourth-order valence-electron chi connectivity index (χ4n) is 1.55. The van der Waals surface area contributed by atoms with Gasteiger partial charge in [-0.2, -0.15) is 0 Å². The molecule has 0 aliphatic heterocycles. The van der Waals surface area contributed by atoms with Crippen LogP contribution < -0.4 is 10.1 Å². The number of hydrogen-bond donors (Lipinski definition) is 2. The Hall–Kier alpha value is -1.62. The van der Waals surface area contributed by atoms with E-state index >= 15 is 0 Å². The molecule has 0 bridgehead atoms. The summed E-state index contributed by atoms with van der Waals surface area (Å²) in [6, 6.07) is 5.54. The third-order valence-electron chi connectivity index (χ3n) is 2.59. The molecule has 0 aliphatic carbocycles. The highest BCUT2D eigenvalue weighted by atomic mass is 19.1. The first-order chi connectivity index (χ1) is 9.22. The van der Waals surface area contributed by atoms with Crippen molar-refractivity contribution in [1.29, 1.82) is 0 Å². The van der Waals surface area contributed by atoms with E-state index in [0.717, 1.165) is 25.7 Å². The van der Waals surface area contributed by atoms with Crippen molar-refractivity contribution in [3.05, 3.63) is 30.1 Å². The number of nitrogens with one attached hydrogen (secondary N) is 1. The second kappa shape index (κ2) is 9.33. The number of ether oxygens (including phenoxy) is 1. The van der Waals surface area contributed by atoms with Crippen molar-refractivity contribution in [2.45, 2.75) is 25.7 Å². The minimum Gasteiger partial charge on any atom is -0.484 e. The number of benzene rings is 1. The van der Waals surface area contributed by atoms with Gasteiger partial charge in [0.25, 0.3) is 5.91 Å². The fraction of sp³-hybridized carbons (Fsp3) is 0.500. The zero-order valence-electron chi connectivity index (χ0n) is 10.9. The van der Waals surface area contributed by atoms with Crippen LogP contribution in [-0.4, -0.2) is 30.8 Å². The molecule has 0 fully saturated rings. The molecule has 19 heavy (non-hydrogen) atoms. The third-order valence-corrected chi connectivity index (χ3v) is 2.59. The van der Waals surface area contributed by atoms with Crippen molar-refractivity contribution in [2.75, 3.05) is 19.8 Å². The summed E-state index contributed by atoms with van der Waals surface area (Å²) in [6.07, 6.45) is 3.65. The monoisotopic (exact) mass is 269 g/mol. The minimum atomic E-state index is -0.334. The molecule has 0 aliphatic rings. The fourth-order valence-corrected chi connectivity index (χ4v) is 1.55. The van der Waals surface area contributed by atoms with E-state index in [1.807, 2.05) is 0 Å². The number of amides is 1. The van der Waals surface area contributed by atoms with E-state index in [1.54, 1.807) is 0 Å². The average molecular weight is 269 g/mol. The van der Waals surface area contributed by atoms with E-state index in [1.165, 1.54) is 24.3 Å². The lowest BCUT2D eigenvalue weighted by Crippen LogP contribution is -2.29. The van der Waals surface area contributed by atoms with Crippen molar-refractivity contribution in [2.24, 2.45) is 0 Å². The lowest BCUT2D eigenvalue weighted by atomic mass is 10.2. The molecule has 5 heteroatoms. The molecule has 1 amide bonds. The van der Waals surface area contributed by atoms with E-state index in [2.05, 4.69) is 5.32 Å². The van der Waals surface area contributed by atoms with Gasteiger partial charge in [0.05, 0.1) is 0 Å². The zero-order chi connectivity index (χ0) is 13.9. The predicted molar refractivity (Wildman–Crippen MR) is 70.5 cm³/mol. The van der Waals surface area contributed by atoms with Crippen molar-refractivity contribution in [3.63, 3.8) is 0 Å². The van der Waals surface area contributed by atoms with Crippen LogP contribution in [-0.2, 0) is 4.79 Å². The summed E-state index contributed by atoms with van der Waals surface area (Å²) in [7, 11) is 0. The molecule has 0 spiro atoms. The van der Waals surface area contributed by atoms with E-state index < -0.39 is 0 Å². The number of rotatable bonds is 9. The maximum atomic E-state index is 12.6. The summed E-state index contributed by atoms with van der Waals surface area (Å²) in [5.41, 5.74) is 0. The van der Waals surface area contributed by atoms with Gasteiger partial charge in [-0.05, 0) is 37.1 Å². The van der Waals surface area contributed by atoms with Crippen LogP contribution in [0.25, 0.3) is 0 Å². The van der Waals surface area contributed by atoms with E-state index in [9.17, 15) is 9.18 Å². The molecule has 0 unspecified atom stereocenters. The second-order valence-electron chi connectivity index (χ2n) is 4.23. The van der Waals surface area contributed by atoms with Gasteiger partial charge in [-0.1, -0.05) is 12.8 Å². The molecule has 0 saturated carbocycles. The zero-order valence-corrected chi connectivity index (χ0v) is 10.9. The van der Waals surface area contributed by atoms with Gasteiger partial charge in [0.2, 0.25) is 0 Å². The van der Waals surface area contributed by atoms with Crippen LogP contribution in [0.2, 0.25) is 0 Å². The summed E-state index contributed by atoms with van der Waals surface area (Å²) in [5.74, 6) is -0.0503. The summed E-state index contributed by atoms with van der Waals surface area (Å²) < 4.78 is 17.8. The summed E-state index contributed by atoms with van der Waals surface area (Å²) in [6.45, 7) is 0.761. The topological polar surface area (TPSA) is 58.6 Å². The molecule has 0 saturated heterocycles. The number of carbonyl (C=O) groups excluding carboxylic acids is 1. The lowest BCUT2D eigenvalue weighted by Gasteiger charge is -2.07. The van der Waals surface area contributed by atoms with Gasteiger partial charge in [-0.3, -0.25) is 4.79 Å². The van der Waals surface area contributed by atoms with Crippen LogP contribution in [0.5, 0.6) is 5.75 Å². The Morgan fingerprint density at radius 1 is 1.16 bits per heavy atom. The molecular formula is C14H20FNO3. The largest absolute Gasteiger partial charge is 0.484 e. The van der Waals surface area contributed by atoms with Crippen molar-refractivity contribution >= 4 is 5.91 Å². The summed E-state index contributed by atoms with van der Waals surface area (Å²) in [4.78, 5) is 11.4. The molecule has 1 aromatic rings. The molecule has 0 radical (unpaired) electrons. The SMILES string of the molecule is O=C(COc1ccc(F)cc1)NCCCCCCO. The first kappa shape index (κ1) is 15.4. The van der Waals surface area contributed by atoms with Crippen LogP contribution in [0, 0.1) is 5.82 Å². The molecular weight excluding hydrogens is 249 g/mol. The second-order valence-corrected chi connectivity index (χ2v) is 4.23. The molecule has 0 atom stereocenters. The van der Waals surface area contributed by atoms with Crippen LogP contribution in [0.1, 0.15) is 25.7 Å². The Morgan fingerprint density at radius 3 is 2.53 bits per heavy atom. The van der Waals surface area contributed by atoms with Crippen LogP contribution >= 0.6 is 0 Å². The van der Waals surface area contributed by atoms with E-state index in [4.69, 9.17) is 9.84 Å². The van der Waals surface area contributed by atoms with Gasteiger partial charge in [-0.25, -0.2) is 4.39 Å². The lowest BCUT2D eigenvalue weighted by molar-refractivity contribution is -0.123. The van der Waals surface area contributed by atoms with Crippen molar-refractivity contribution in [1.82, 2.24) is 5.32 Å². The Labute approximate surface area is 112 Å². The Balaban J connectivity index is 2.06. The Bertz CT molecular complexity index is 367. The highest BCUT2D eigenvalue weighted by Gasteiger charge is 2.02. The van der Waals surface area contributed by atoms with Gasteiger partial charge in [0.1, 0.15) is 11.6 Å². The van der Waals surface area contributed by atoms with Gasteiger partial charge >= 0.3 is 0 Å². The summed E-state index contributed by atoms with van der Waals surface area (Å²) >= 11 is 0. The molecule has 4 nitrogen and oxygen atoms in total. The van der Waals surface area contributed by atoms with Crippen molar-refractivity contribution in [3.8, 4) is 5.75 Å². The van der Waals surface area contributed by atoms with Crippen LogP contribution in [0.3, 0.4) is 0 Å². The molecule has 1 rings (SSSR count). The summed E-state index contributed by atoms with van der Waals surface area (Å²) in [5, 5.41) is 11.3. The normalized spacial score (nSPS) is 10.2. The van der Waals surface area contributed by atoms with Crippen molar-refractivity contribution < 1.29 is 19.0 Å². The highest BCUT2D eigenvalue weighted by molar-refractivity contribution is 5.77. The smallest absolute Gasteiger partial charge is 0.257 e. The van der Waals surface area contributed by atoms with Gasteiger partial charge < -0.3 is 15.2 Å². The predicted octanol–water partition coefficient (Wildman–Crippen LogP) is 1.87. The van der Waals surface area contributed by atoms with Gasteiger partial charge in [0.15, 0.2) is 6.61 Å². The van der Waals surface area contributed by atoms with Gasteiger partial charge in [-0.15, -0.1) is 0 Å². The first-order valence-electron chi connectivity index (χ1n) is 6.48. The van der Waals surface area contributed by atoms with Crippen LogP contribution in [0.15, 0.2) is 24.3 Å². The maximum absolute atomic E-state index is 12.6. The average Bonchev–Trinajstić information content (AvgIpc) is 2.42.